The van der Waals surface area contributed by atoms with Gasteiger partial charge in [0.05, 0.1) is 11.9 Å². The SMILES string of the molecule is O=C1NC(=O)C(CCCCCc2ccc(OCC3CCCCC3)cc2)S1. The Kier molecular flexibility index (Phi) is 7.42. The molecule has 1 saturated carbocycles. The second kappa shape index (κ2) is 10.0. The van der Waals surface area contributed by atoms with E-state index in [1.807, 2.05) is 0 Å². The molecule has 1 aliphatic carbocycles. The number of hydrogen-bond acceptors (Lipinski definition) is 4. The summed E-state index contributed by atoms with van der Waals surface area (Å²) in [6, 6.07) is 8.50. The summed E-state index contributed by atoms with van der Waals surface area (Å²) in [4.78, 5) is 22.6. The van der Waals surface area contributed by atoms with Crippen LogP contribution in [0.1, 0.15) is 63.4 Å². The van der Waals surface area contributed by atoms with Crippen LogP contribution in [0.3, 0.4) is 0 Å². The number of ether oxygens (including phenoxy) is 1. The van der Waals surface area contributed by atoms with Crippen LogP contribution in [-0.4, -0.2) is 23.0 Å². The fourth-order valence-electron chi connectivity index (χ4n) is 3.74. The Hall–Kier alpha value is -1.49. The molecular formula is C21H29NO3S. The Morgan fingerprint density at radius 2 is 1.77 bits per heavy atom. The van der Waals surface area contributed by atoms with Gasteiger partial charge in [-0.25, -0.2) is 0 Å². The average molecular weight is 376 g/mol. The zero-order chi connectivity index (χ0) is 18.2. The maximum Gasteiger partial charge on any atom is 0.286 e. The summed E-state index contributed by atoms with van der Waals surface area (Å²) in [5.41, 5.74) is 1.33. The fourth-order valence-corrected chi connectivity index (χ4v) is 4.61. The highest BCUT2D eigenvalue weighted by Gasteiger charge is 2.30. The van der Waals surface area contributed by atoms with Gasteiger partial charge in [0.1, 0.15) is 5.75 Å². The van der Waals surface area contributed by atoms with Crippen molar-refractivity contribution in [3.63, 3.8) is 0 Å². The molecule has 1 aromatic carbocycles. The standard InChI is InChI=1S/C21H29NO3S/c23-20-19(26-21(24)22-20)10-6-2-3-7-16-11-13-18(14-12-16)25-15-17-8-4-1-5-9-17/h11-14,17,19H,1-10,15H2,(H,22,23,24). The molecule has 1 aliphatic heterocycles. The van der Waals surface area contributed by atoms with Gasteiger partial charge in [-0.15, -0.1) is 0 Å². The van der Waals surface area contributed by atoms with E-state index in [1.54, 1.807) is 0 Å². The molecule has 0 spiro atoms. The maximum absolute atomic E-state index is 11.5. The third-order valence-corrected chi connectivity index (χ3v) is 6.38. The number of imide groups is 1. The summed E-state index contributed by atoms with van der Waals surface area (Å²) in [5.74, 6) is 1.59. The lowest BCUT2D eigenvalue weighted by Crippen LogP contribution is -2.24. The van der Waals surface area contributed by atoms with Crippen LogP contribution >= 0.6 is 11.8 Å². The van der Waals surface area contributed by atoms with Crippen molar-refractivity contribution in [1.29, 1.82) is 0 Å². The molecule has 1 atom stereocenters. The summed E-state index contributed by atoms with van der Waals surface area (Å²) >= 11 is 1.13. The fraction of sp³-hybridized carbons (Fsp3) is 0.619. The van der Waals surface area contributed by atoms with Crippen molar-refractivity contribution in [2.45, 2.75) is 69.5 Å². The van der Waals surface area contributed by atoms with Gasteiger partial charge in [-0.05, 0) is 55.7 Å². The summed E-state index contributed by atoms with van der Waals surface area (Å²) in [6.07, 6.45) is 11.7. The van der Waals surface area contributed by atoms with Gasteiger partial charge in [-0.2, -0.15) is 0 Å². The molecule has 4 nitrogen and oxygen atoms in total. The number of carbonyl (C=O) groups is 2. The molecule has 26 heavy (non-hydrogen) atoms. The number of hydrogen-bond donors (Lipinski definition) is 1. The Bertz CT molecular complexity index is 596. The first-order valence-electron chi connectivity index (χ1n) is 9.94. The third kappa shape index (κ3) is 6.04. The van der Waals surface area contributed by atoms with Gasteiger partial charge in [-0.1, -0.05) is 56.0 Å². The van der Waals surface area contributed by atoms with Crippen molar-refractivity contribution >= 4 is 22.9 Å². The monoisotopic (exact) mass is 375 g/mol. The lowest BCUT2D eigenvalue weighted by molar-refractivity contribution is -0.119. The predicted molar refractivity (Wildman–Crippen MR) is 106 cm³/mol. The molecule has 1 saturated heterocycles. The molecule has 1 aromatic rings. The normalized spacial score (nSPS) is 21.0. The van der Waals surface area contributed by atoms with Crippen LogP contribution in [0.5, 0.6) is 5.75 Å². The van der Waals surface area contributed by atoms with Crippen molar-refractivity contribution in [2.24, 2.45) is 5.92 Å². The highest BCUT2D eigenvalue weighted by atomic mass is 32.2. The Morgan fingerprint density at radius 1 is 1.00 bits per heavy atom. The topological polar surface area (TPSA) is 55.4 Å². The Morgan fingerprint density at radius 3 is 2.46 bits per heavy atom. The number of thioether (sulfide) groups is 1. The van der Waals surface area contributed by atoms with Crippen LogP contribution in [0.25, 0.3) is 0 Å². The van der Waals surface area contributed by atoms with Gasteiger partial charge in [0, 0.05) is 0 Å². The molecule has 1 N–H and O–H groups in total. The molecule has 3 rings (SSSR count). The second-order valence-electron chi connectivity index (χ2n) is 7.44. The molecule has 1 unspecified atom stereocenters. The summed E-state index contributed by atoms with van der Waals surface area (Å²) in [5, 5.41) is 1.96. The smallest absolute Gasteiger partial charge is 0.286 e. The molecular weight excluding hydrogens is 346 g/mol. The number of carbonyl (C=O) groups excluding carboxylic acids is 2. The van der Waals surface area contributed by atoms with Crippen molar-refractivity contribution in [1.82, 2.24) is 5.32 Å². The third-order valence-electron chi connectivity index (χ3n) is 5.33. The van der Waals surface area contributed by atoms with E-state index >= 15 is 0 Å². The van der Waals surface area contributed by atoms with E-state index in [1.165, 1.54) is 37.7 Å². The first-order chi connectivity index (χ1) is 12.7. The lowest BCUT2D eigenvalue weighted by atomic mass is 9.90. The van der Waals surface area contributed by atoms with Crippen LogP contribution in [0.4, 0.5) is 4.79 Å². The molecule has 142 valence electrons. The largest absolute Gasteiger partial charge is 0.493 e. The number of nitrogens with one attached hydrogen (secondary N) is 1. The molecule has 2 aliphatic rings. The first-order valence-corrected chi connectivity index (χ1v) is 10.8. The maximum atomic E-state index is 11.5. The second-order valence-corrected chi connectivity index (χ2v) is 8.62. The van der Waals surface area contributed by atoms with E-state index in [4.69, 9.17) is 4.74 Å². The van der Waals surface area contributed by atoms with Gasteiger partial charge in [0.25, 0.3) is 5.24 Å². The minimum absolute atomic E-state index is 0.121. The van der Waals surface area contributed by atoms with Gasteiger partial charge < -0.3 is 4.74 Å². The van der Waals surface area contributed by atoms with Gasteiger partial charge >= 0.3 is 0 Å². The minimum atomic E-state index is -0.203. The lowest BCUT2D eigenvalue weighted by Gasteiger charge is -2.21. The predicted octanol–water partition coefficient (Wildman–Crippen LogP) is 5.10. The summed E-state index contributed by atoms with van der Waals surface area (Å²) in [7, 11) is 0. The van der Waals surface area contributed by atoms with Crippen molar-refractivity contribution in [3.8, 4) is 5.75 Å². The van der Waals surface area contributed by atoms with E-state index in [0.717, 1.165) is 62.1 Å². The van der Waals surface area contributed by atoms with Crippen LogP contribution in [0.2, 0.25) is 0 Å². The zero-order valence-electron chi connectivity index (χ0n) is 15.4. The summed E-state index contributed by atoms with van der Waals surface area (Å²) in [6.45, 7) is 0.856. The van der Waals surface area contributed by atoms with Crippen molar-refractivity contribution in [2.75, 3.05) is 6.61 Å². The zero-order valence-corrected chi connectivity index (χ0v) is 16.2. The van der Waals surface area contributed by atoms with E-state index in [2.05, 4.69) is 29.6 Å². The average Bonchev–Trinajstić information content (AvgIpc) is 2.99. The van der Waals surface area contributed by atoms with E-state index in [9.17, 15) is 9.59 Å². The Labute approximate surface area is 160 Å². The number of amides is 2. The number of aryl methyl sites for hydroxylation is 1. The molecule has 2 fully saturated rings. The quantitative estimate of drug-likeness (QED) is 0.610. The number of unbranched alkanes of at least 4 members (excludes halogenated alkanes) is 2. The molecule has 0 radical (unpaired) electrons. The van der Waals surface area contributed by atoms with Crippen molar-refractivity contribution in [3.05, 3.63) is 29.8 Å². The molecule has 0 bridgehead atoms. The summed E-state index contributed by atoms with van der Waals surface area (Å²) < 4.78 is 5.95. The molecule has 1 heterocycles. The highest BCUT2D eigenvalue weighted by Crippen LogP contribution is 2.26. The van der Waals surface area contributed by atoms with Crippen LogP contribution in [0, 0.1) is 5.92 Å². The number of rotatable bonds is 9. The molecule has 2 amide bonds. The first kappa shape index (κ1) is 19.3. The molecule has 0 aromatic heterocycles. The van der Waals surface area contributed by atoms with Gasteiger partial charge in [0.2, 0.25) is 5.91 Å². The minimum Gasteiger partial charge on any atom is -0.493 e. The van der Waals surface area contributed by atoms with Crippen molar-refractivity contribution < 1.29 is 14.3 Å². The highest BCUT2D eigenvalue weighted by molar-refractivity contribution is 8.15. The van der Waals surface area contributed by atoms with Crippen LogP contribution in [-0.2, 0) is 11.2 Å². The van der Waals surface area contributed by atoms with Gasteiger partial charge in [0.15, 0.2) is 0 Å². The van der Waals surface area contributed by atoms with Crippen LogP contribution in [0.15, 0.2) is 24.3 Å². The van der Waals surface area contributed by atoms with Gasteiger partial charge in [-0.3, -0.25) is 14.9 Å². The molecule has 5 heteroatoms. The number of benzene rings is 1. The van der Waals surface area contributed by atoms with Crippen LogP contribution < -0.4 is 10.1 Å². The van der Waals surface area contributed by atoms with E-state index < -0.39 is 0 Å². The van der Waals surface area contributed by atoms with E-state index in [-0.39, 0.29) is 16.4 Å². The van der Waals surface area contributed by atoms with E-state index in [0.29, 0.717) is 0 Å². The Balaban J connectivity index is 1.29.